The number of hydrogen-bond donors (Lipinski definition) is 0. The van der Waals surface area contributed by atoms with Crippen LogP contribution >= 0.6 is 0 Å². The third-order valence-electron chi connectivity index (χ3n) is 9.52. The molecule has 2 heteroatoms. The van der Waals surface area contributed by atoms with Crippen molar-refractivity contribution in [3.05, 3.63) is 187 Å². The van der Waals surface area contributed by atoms with E-state index in [0.29, 0.717) is 0 Å². The first-order chi connectivity index (χ1) is 23.8. The average molecular weight is 616 g/mol. The molecular weight excluding hydrogens is 583 g/mol. The van der Waals surface area contributed by atoms with E-state index in [1.807, 2.05) is 0 Å². The largest absolute Gasteiger partial charge is 0.456 e. The Morgan fingerprint density at radius 3 is 1.92 bits per heavy atom. The topological polar surface area (TPSA) is 16.4 Å². The second-order valence-corrected chi connectivity index (χ2v) is 12.4. The van der Waals surface area contributed by atoms with Crippen LogP contribution in [-0.2, 0) is 0 Å². The number of anilines is 2. The zero-order chi connectivity index (χ0) is 31.9. The van der Waals surface area contributed by atoms with Crippen molar-refractivity contribution in [2.24, 2.45) is 0 Å². The molecule has 0 fully saturated rings. The van der Waals surface area contributed by atoms with Crippen molar-refractivity contribution in [3.8, 4) is 22.3 Å². The monoisotopic (exact) mass is 615 g/mol. The molecule has 228 valence electrons. The van der Waals surface area contributed by atoms with Crippen molar-refractivity contribution in [1.82, 2.24) is 0 Å². The Bertz CT molecular complexity index is 2480. The van der Waals surface area contributed by atoms with Crippen LogP contribution in [0.2, 0.25) is 0 Å². The van der Waals surface area contributed by atoms with Gasteiger partial charge in [0.1, 0.15) is 11.2 Å². The first kappa shape index (κ1) is 28.1. The zero-order valence-corrected chi connectivity index (χ0v) is 26.5. The molecule has 0 saturated heterocycles. The van der Waals surface area contributed by atoms with E-state index >= 15 is 0 Å². The molecule has 1 heterocycles. The lowest BCUT2D eigenvalue weighted by atomic mass is 9.92. The number of rotatable bonds is 6. The molecule has 0 aliphatic heterocycles. The van der Waals surface area contributed by atoms with Crippen molar-refractivity contribution in [3.63, 3.8) is 0 Å². The summed E-state index contributed by atoms with van der Waals surface area (Å²) in [5, 5.41) is 4.71. The Balaban J connectivity index is 1.21. The fourth-order valence-electron chi connectivity index (χ4n) is 7.18. The average Bonchev–Trinajstić information content (AvgIpc) is 3.52. The van der Waals surface area contributed by atoms with Crippen molar-refractivity contribution in [1.29, 1.82) is 0 Å². The van der Waals surface area contributed by atoms with E-state index in [2.05, 4.69) is 181 Å². The highest BCUT2D eigenvalue weighted by atomic mass is 16.3. The molecule has 9 rings (SSSR count). The molecule has 0 amide bonds. The lowest BCUT2D eigenvalue weighted by Gasteiger charge is -2.33. The maximum Gasteiger partial charge on any atom is 0.136 e. The quantitative estimate of drug-likeness (QED) is 0.185. The SMILES string of the molecule is C1=CC(c2ccc3oc4cc5ccccc5cc4c3c2)=C(N(c2ccccc2)c2ccccc2-c2ccc(-c3ccccc3)cc2)CC1. The van der Waals surface area contributed by atoms with Crippen molar-refractivity contribution < 1.29 is 4.42 Å². The van der Waals surface area contributed by atoms with Crippen molar-refractivity contribution >= 4 is 49.7 Å². The number of furan rings is 1. The maximum absolute atomic E-state index is 6.37. The molecule has 1 aliphatic carbocycles. The summed E-state index contributed by atoms with van der Waals surface area (Å²) in [6.45, 7) is 0. The van der Waals surface area contributed by atoms with E-state index in [1.54, 1.807) is 0 Å². The van der Waals surface area contributed by atoms with Gasteiger partial charge in [-0.1, -0.05) is 133 Å². The number of nitrogens with zero attached hydrogens (tertiary/aromatic N) is 1. The van der Waals surface area contributed by atoms with Crippen molar-refractivity contribution in [2.75, 3.05) is 4.90 Å². The van der Waals surface area contributed by atoms with Gasteiger partial charge in [-0.2, -0.15) is 0 Å². The van der Waals surface area contributed by atoms with Crippen LogP contribution in [0.1, 0.15) is 18.4 Å². The predicted octanol–water partition coefficient (Wildman–Crippen LogP) is 13.0. The highest BCUT2D eigenvalue weighted by molar-refractivity contribution is 6.11. The highest BCUT2D eigenvalue weighted by Crippen LogP contribution is 2.43. The molecule has 0 N–H and O–H groups in total. The van der Waals surface area contributed by atoms with Crippen LogP contribution in [0.5, 0.6) is 0 Å². The van der Waals surface area contributed by atoms with Crippen molar-refractivity contribution in [2.45, 2.75) is 12.8 Å². The second kappa shape index (κ2) is 11.9. The van der Waals surface area contributed by atoms with E-state index in [4.69, 9.17) is 4.42 Å². The first-order valence-electron chi connectivity index (χ1n) is 16.7. The second-order valence-electron chi connectivity index (χ2n) is 12.4. The van der Waals surface area contributed by atoms with Crippen LogP contribution in [-0.4, -0.2) is 0 Å². The van der Waals surface area contributed by atoms with Crippen LogP contribution in [0.15, 0.2) is 186 Å². The fraction of sp³-hybridized carbons (Fsp3) is 0.0435. The maximum atomic E-state index is 6.37. The Hall–Kier alpha value is -6.12. The van der Waals surface area contributed by atoms with Gasteiger partial charge in [0, 0.05) is 33.3 Å². The minimum atomic E-state index is 0.912. The molecule has 0 atom stereocenters. The van der Waals surface area contributed by atoms with Gasteiger partial charge in [0.15, 0.2) is 0 Å². The van der Waals surface area contributed by atoms with Gasteiger partial charge >= 0.3 is 0 Å². The van der Waals surface area contributed by atoms with Gasteiger partial charge in [-0.05, 0) is 88.3 Å². The number of fused-ring (bicyclic) bond motifs is 4. The molecule has 0 radical (unpaired) electrons. The van der Waals surface area contributed by atoms with E-state index in [9.17, 15) is 0 Å². The summed E-state index contributed by atoms with van der Waals surface area (Å²) >= 11 is 0. The smallest absolute Gasteiger partial charge is 0.136 e. The number of para-hydroxylation sites is 2. The van der Waals surface area contributed by atoms with Gasteiger partial charge in [-0.25, -0.2) is 0 Å². The summed E-state index contributed by atoms with van der Waals surface area (Å²) in [6.07, 6.45) is 6.53. The summed E-state index contributed by atoms with van der Waals surface area (Å²) in [7, 11) is 0. The summed E-state index contributed by atoms with van der Waals surface area (Å²) in [5.41, 5.74) is 12.7. The van der Waals surface area contributed by atoms with Crippen LogP contribution in [0.3, 0.4) is 0 Å². The highest BCUT2D eigenvalue weighted by Gasteiger charge is 2.23. The van der Waals surface area contributed by atoms with Crippen LogP contribution in [0, 0.1) is 0 Å². The molecule has 2 nitrogen and oxygen atoms in total. The molecular formula is C46H33NO. The van der Waals surface area contributed by atoms with Gasteiger partial charge < -0.3 is 9.32 Å². The number of benzene rings is 7. The standard InChI is InChI=1S/C46H33NO/c1-3-13-32(14-4-1)33-23-25-34(26-24-33)39-19-9-11-21-43(39)47(38-17-5-2-6-18-38)44-22-12-10-20-40(44)37-27-28-45-41(30-37)42-29-35-15-7-8-16-36(35)31-46(42)48-45/h1-11,13-21,23-31H,12,22H2. The Morgan fingerprint density at radius 1 is 0.479 bits per heavy atom. The van der Waals surface area contributed by atoms with E-state index in [-0.39, 0.29) is 0 Å². The molecule has 0 spiro atoms. The van der Waals surface area contributed by atoms with Crippen LogP contribution in [0.4, 0.5) is 11.4 Å². The fourth-order valence-corrected chi connectivity index (χ4v) is 7.18. The summed E-state index contributed by atoms with van der Waals surface area (Å²) in [6, 6.07) is 58.7. The van der Waals surface area contributed by atoms with Gasteiger partial charge in [-0.3, -0.25) is 0 Å². The normalized spacial score (nSPS) is 13.1. The van der Waals surface area contributed by atoms with Gasteiger partial charge in [0.25, 0.3) is 0 Å². The predicted molar refractivity (Wildman–Crippen MR) is 202 cm³/mol. The third kappa shape index (κ3) is 4.99. The van der Waals surface area contributed by atoms with E-state index < -0.39 is 0 Å². The zero-order valence-electron chi connectivity index (χ0n) is 26.5. The molecule has 0 bridgehead atoms. The number of hydrogen-bond acceptors (Lipinski definition) is 2. The van der Waals surface area contributed by atoms with Gasteiger partial charge in [-0.15, -0.1) is 0 Å². The van der Waals surface area contributed by atoms with Gasteiger partial charge in [0.05, 0.1) is 5.69 Å². The minimum Gasteiger partial charge on any atom is -0.456 e. The van der Waals surface area contributed by atoms with E-state index in [0.717, 1.165) is 40.5 Å². The Kier molecular flexibility index (Phi) is 6.98. The van der Waals surface area contributed by atoms with Gasteiger partial charge in [0.2, 0.25) is 0 Å². The molecule has 1 aromatic heterocycles. The summed E-state index contributed by atoms with van der Waals surface area (Å²) in [5.74, 6) is 0. The summed E-state index contributed by atoms with van der Waals surface area (Å²) in [4.78, 5) is 2.48. The minimum absolute atomic E-state index is 0.912. The Morgan fingerprint density at radius 2 is 1.10 bits per heavy atom. The Labute approximate surface area is 280 Å². The number of allylic oxidation sites excluding steroid dienone is 4. The first-order valence-corrected chi connectivity index (χ1v) is 16.7. The van der Waals surface area contributed by atoms with Crippen LogP contribution in [0.25, 0.3) is 60.5 Å². The molecule has 7 aromatic carbocycles. The molecule has 0 saturated carbocycles. The molecule has 48 heavy (non-hydrogen) atoms. The summed E-state index contributed by atoms with van der Waals surface area (Å²) < 4.78 is 6.37. The lowest BCUT2D eigenvalue weighted by molar-refractivity contribution is 0.669. The lowest BCUT2D eigenvalue weighted by Crippen LogP contribution is -2.20. The molecule has 0 unspecified atom stereocenters. The van der Waals surface area contributed by atoms with E-state index in [1.165, 1.54) is 55.5 Å². The van der Waals surface area contributed by atoms with Crippen LogP contribution < -0.4 is 4.90 Å². The third-order valence-corrected chi connectivity index (χ3v) is 9.52. The molecule has 8 aromatic rings. The molecule has 1 aliphatic rings.